The van der Waals surface area contributed by atoms with E-state index in [1.165, 1.54) is 6.07 Å². The van der Waals surface area contributed by atoms with Crippen LogP contribution in [0.2, 0.25) is 0 Å². The SMILES string of the molecule is CC1(CNS(=O)(=O)c2ccc([N+](=O)[O-])c(NN)c2)CCC1. The number of sulfonamides is 1. The molecule has 1 aromatic carbocycles. The summed E-state index contributed by atoms with van der Waals surface area (Å²) in [6, 6.07) is 3.48. The zero-order valence-electron chi connectivity index (χ0n) is 11.6. The Morgan fingerprint density at radius 1 is 1.43 bits per heavy atom. The number of nitrogen functional groups attached to an aromatic ring is 1. The van der Waals surface area contributed by atoms with Crippen molar-refractivity contribution in [2.75, 3.05) is 12.0 Å². The van der Waals surface area contributed by atoms with Crippen molar-refractivity contribution in [2.24, 2.45) is 11.3 Å². The van der Waals surface area contributed by atoms with Crippen LogP contribution in [-0.2, 0) is 10.0 Å². The average molecular weight is 314 g/mol. The largest absolute Gasteiger partial charge is 0.318 e. The van der Waals surface area contributed by atoms with Gasteiger partial charge < -0.3 is 5.43 Å². The molecule has 1 aliphatic rings. The van der Waals surface area contributed by atoms with Crippen molar-refractivity contribution >= 4 is 21.4 Å². The maximum atomic E-state index is 12.2. The molecule has 0 saturated heterocycles. The number of nitrogens with zero attached hydrogens (tertiary/aromatic N) is 1. The fourth-order valence-corrected chi connectivity index (χ4v) is 3.49. The minimum atomic E-state index is -3.71. The molecule has 0 spiro atoms. The van der Waals surface area contributed by atoms with Crippen LogP contribution in [0.1, 0.15) is 26.2 Å². The third-order valence-corrected chi connectivity index (χ3v) is 5.28. The third kappa shape index (κ3) is 3.31. The minimum absolute atomic E-state index is 0.00277. The lowest BCUT2D eigenvalue weighted by atomic mass is 9.71. The summed E-state index contributed by atoms with van der Waals surface area (Å²) in [6.45, 7) is 2.39. The fraction of sp³-hybridized carbons (Fsp3) is 0.500. The van der Waals surface area contributed by atoms with Crippen molar-refractivity contribution in [1.82, 2.24) is 4.72 Å². The van der Waals surface area contributed by atoms with Gasteiger partial charge >= 0.3 is 0 Å². The van der Waals surface area contributed by atoms with E-state index in [4.69, 9.17) is 5.84 Å². The van der Waals surface area contributed by atoms with Crippen molar-refractivity contribution in [2.45, 2.75) is 31.1 Å². The van der Waals surface area contributed by atoms with Crippen LogP contribution in [0.4, 0.5) is 11.4 Å². The van der Waals surface area contributed by atoms with E-state index in [-0.39, 0.29) is 21.7 Å². The van der Waals surface area contributed by atoms with Gasteiger partial charge in [0, 0.05) is 12.6 Å². The highest BCUT2D eigenvalue weighted by molar-refractivity contribution is 7.89. The fourth-order valence-electron chi connectivity index (χ4n) is 2.27. The molecule has 9 heteroatoms. The molecule has 8 nitrogen and oxygen atoms in total. The van der Waals surface area contributed by atoms with E-state index < -0.39 is 14.9 Å². The number of anilines is 1. The number of nitro benzene ring substituents is 1. The van der Waals surface area contributed by atoms with Gasteiger partial charge in [0.25, 0.3) is 5.69 Å². The van der Waals surface area contributed by atoms with Crippen molar-refractivity contribution in [3.63, 3.8) is 0 Å². The van der Waals surface area contributed by atoms with Crippen LogP contribution >= 0.6 is 0 Å². The Morgan fingerprint density at radius 2 is 2.10 bits per heavy atom. The van der Waals surface area contributed by atoms with Crippen molar-refractivity contribution in [3.05, 3.63) is 28.3 Å². The predicted octanol–water partition coefficient (Wildman–Crippen LogP) is 1.35. The van der Waals surface area contributed by atoms with Gasteiger partial charge in [-0.15, -0.1) is 0 Å². The van der Waals surface area contributed by atoms with E-state index >= 15 is 0 Å². The van der Waals surface area contributed by atoms with Gasteiger partial charge in [-0.05, 0) is 30.4 Å². The highest BCUT2D eigenvalue weighted by Crippen LogP contribution is 2.39. The molecule has 4 N–H and O–H groups in total. The molecule has 0 bridgehead atoms. The zero-order valence-corrected chi connectivity index (χ0v) is 12.4. The smallest absolute Gasteiger partial charge is 0.293 e. The molecule has 0 aromatic heterocycles. The number of hydrazine groups is 1. The van der Waals surface area contributed by atoms with E-state index in [2.05, 4.69) is 10.1 Å². The van der Waals surface area contributed by atoms with Crippen molar-refractivity contribution < 1.29 is 13.3 Å². The standard InChI is InChI=1S/C12H18N4O4S/c1-12(5-2-6-12)8-14-21(19,20)9-3-4-11(16(17)18)10(7-9)15-13/h3-4,7,14-15H,2,5-6,8,13H2,1H3. The van der Waals surface area contributed by atoms with E-state index in [9.17, 15) is 18.5 Å². The lowest BCUT2D eigenvalue weighted by molar-refractivity contribution is -0.384. The van der Waals surface area contributed by atoms with Gasteiger partial charge in [0.1, 0.15) is 5.69 Å². The molecule has 21 heavy (non-hydrogen) atoms. The number of rotatable bonds is 6. The molecule has 1 saturated carbocycles. The average Bonchev–Trinajstić information content (AvgIpc) is 2.42. The molecule has 1 aliphatic carbocycles. The highest BCUT2D eigenvalue weighted by atomic mass is 32.2. The summed E-state index contributed by atoms with van der Waals surface area (Å²) < 4.78 is 27.0. The molecule has 0 aliphatic heterocycles. The molecule has 0 radical (unpaired) electrons. The minimum Gasteiger partial charge on any atom is -0.318 e. The number of benzene rings is 1. The lowest BCUT2D eigenvalue weighted by Crippen LogP contribution is -2.39. The van der Waals surface area contributed by atoms with Crippen molar-refractivity contribution in [3.8, 4) is 0 Å². The number of hydrogen-bond donors (Lipinski definition) is 3. The number of nitrogens with two attached hydrogens (primary N) is 1. The third-order valence-electron chi connectivity index (χ3n) is 3.88. The zero-order chi connectivity index (χ0) is 15.7. The van der Waals surface area contributed by atoms with Crippen LogP contribution < -0.4 is 16.0 Å². The summed E-state index contributed by atoms with van der Waals surface area (Å²) in [4.78, 5) is 10.1. The quantitative estimate of drug-likeness (QED) is 0.413. The summed E-state index contributed by atoms with van der Waals surface area (Å²) in [5.74, 6) is 5.20. The maximum absolute atomic E-state index is 12.2. The summed E-state index contributed by atoms with van der Waals surface area (Å²) in [6.07, 6.45) is 3.09. The normalized spacial score (nSPS) is 17.0. The van der Waals surface area contributed by atoms with Crippen LogP contribution in [0.5, 0.6) is 0 Å². The molecule has 2 rings (SSSR count). The van der Waals surface area contributed by atoms with E-state index in [1.54, 1.807) is 0 Å². The maximum Gasteiger partial charge on any atom is 0.293 e. The molecule has 0 heterocycles. The van der Waals surface area contributed by atoms with Gasteiger partial charge in [-0.1, -0.05) is 13.3 Å². The molecular formula is C12H18N4O4S. The van der Waals surface area contributed by atoms with Crippen molar-refractivity contribution in [1.29, 1.82) is 0 Å². The van der Waals surface area contributed by atoms with Gasteiger partial charge in [-0.3, -0.25) is 16.0 Å². The van der Waals surface area contributed by atoms with E-state index in [0.717, 1.165) is 31.4 Å². The Morgan fingerprint density at radius 3 is 2.57 bits per heavy atom. The number of nitrogens with one attached hydrogen (secondary N) is 2. The van der Waals surface area contributed by atoms with E-state index in [1.807, 2.05) is 6.92 Å². The van der Waals surface area contributed by atoms with Crippen LogP contribution in [0.25, 0.3) is 0 Å². The van der Waals surface area contributed by atoms with Crippen LogP contribution in [-0.4, -0.2) is 19.9 Å². The van der Waals surface area contributed by atoms with Gasteiger partial charge in [0.05, 0.1) is 9.82 Å². The second kappa shape index (κ2) is 5.58. The Bertz CT molecular complexity index is 655. The summed E-state index contributed by atoms with van der Waals surface area (Å²) >= 11 is 0. The monoisotopic (exact) mass is 314 g/mol. The number of hydrogen-bond acceptors (Lipinski definition) is 6. The molecule has 1 aromatic rings. The molecule has 116 valence electrons. The lowest BCUT2D eigenvalue weighted by Gasteiger charge is -2.38. The first-order valence-corrected chi connectivity index (χ1v) is 8.00. The summed E-state index contributed by atoms with van der Waals surface area (Å²) in [5.41, 5.74) is 1.83. The van der Waals surface area contributed by atoms with Gasteiger partial charge in [0.2, 0.25) is 10.0 Å². The van der Waals surface area contributed by atoms with Crippen LogP contribution in [0.15, 0.2) is 23.1 Å². The van der Waals surface area contributed by atoms with Crippen LogP contribution in [0, 0.1) is 15.5 Å². The number of nitro groups is 1. The Hall–Kier alpha value is -1.71. The molecular weight excluding hydrogens is 296 g/mol. The summed E-state index contributed by atoms with van der Waals surface area (Å²) in [5, 5.41) is 10.8. The first-order valence-electron chi connectivity index (χ1n) is 6.52. The summed E-state index contributed by atoms with van der Waals surface area (Å²) in [7, 11) is -3.71. The first-order chi connectivity index (χ1) is 9.77. The Balaban J connectivity index is 2.21. The topological polar surface area (TPSA) is 127 Å². The second-order valence-electron chi connectivity index (χ2n) is 5.57. The van der Waals surface area contributed by atoms with Crippen LogP contribution in [0.3, 0.4) is 0 Å². The first kappa shape index (κ1) is 15.7. The molecule has 0 atom stereocenters. The second-order valence-corrected chi connectivity index (χ2v) is 7.34. The highest BCUT2D eigenvalue weighted by Gasteiger charge is 2.33. The molecule has 0 amide bonds. The Kier molecular flexibility index (Phi) is 4.17. The van der Waals surface area contributed by atoms with Gasteiger partial charge in [-0.25, -0.2) is 13.1 Å². The molecule has 1 fully saturated rings. The Labute approximate surface area is 122 Å². The van der Waals surface area contributed by atoms with E-state index in [0.29, 0.717) is 6.54 Å². The predicted molar refractivity (Wildman–Crippen MR) is 78.1 cm³/mol. The van der Waals surface area contributed by atoms with Gasteiger partial charge in [0.15, 0.2) is 0 Å². The van der Waals surface area contributed by atoms with Gasteiger partial charge in [-0.2, -0.15) is 0 Å². The molecule has 0 unspecified atom stereocenters.